The zero-order valence-corrected chi connectivity index (χ0v) is 17.6. The van der Waals surface area contributed by atoms with E-state index in [9.17, 15) is 4.79 Å². The Hall–Kier alpha value is -3.74. The highest BCUT2D eigenvalue weighted by Crippen LogP contribution is 2.26. The van der Waals surface area contributed by atoms with Crippen LogP contribution < -0.4 is 10.2 Å². The molecule has 156 valence electrons. The summed E-state index contributed by atoms with van der Waals surface area (Å²) in [7, 11) is 0. The van der Waals surface area contributed by atoms with Crippen molar-refractivity contribution < 1.29 is 4.79 Å². The number of pyridine rings is 2. The van der Waals surface area contributed by atoms with E-state index in [2.05, 4.69) is 49.4 Å². The molecule has 1 aromatic carbocycles. The van der Waals surface area contributed by atoms with Crippen molar-refractivity contribution in [3.63, 3.8) is 0 Å². The van der Waals surface area contributed by atoms with E-state index in [1.165, 1.54) is 18.5 Å². The minimum Gasteiger partial charge on any atom is -0.372 e. The second kappa shape index (κ2) is 7.83. The molecule has 1 fully saturated rings. The summed E-state index contributed by atoms with van der Waals surface area (Å²) in [6, 6.07) is 12.0. The Morgan fingerprint density at radius 1 is 1.06 bits per heavy atom. The van der Waals surface area contributed by atoms with Crippen LogP contribution in [0.2, 0.25) is 0 Å². The van der Waals surface area contributed by atoms with E-state index in [1.807, 2.05) is 19.9 Å². The Balaban J connectivity index is 1.44. The SMILES string of the molecule is Cc1cc(C)c(NC(=O)c2ccnc3[nH]c(-c4ccc(N5CCCC5)cc4)nc23)cn1. The first-order valence-electron chi connectivity index (χ1n) is 10.5. The molecule has 1 amide bonds. The van der Waals surface area contributed by atoms with Gasteiger partial charge in [0, 0.05) is 36.2 Å². The van der Waals surface area contributed by atoms with Gasteiger partial charge in [-0.25, -0.2) is 9.97 Å². The molecule has 7 heteroatoms. The lowest BCUT2D eigenvalue weighted by Gasteiger charge is -2.17. The molecule has 31 heavy (non-hydrogen) atoms. The first-order chi connectivity index (χ1) is 15.1. The molecular weight excluding hydrogens is 388 g/mol. The van der Waals surface area contributed by atoms with E-state index >= 15 is 0 Å². The maximum Gasteiger partial charge on any atom is 0.258 e. The van der Waals surface area contributed by atoms with Crippen LogP contribution >= 0.6 is 0 Å². The number of nitrogens with zero attached hydrogens (tertiary/aromatic N) is 4. The van der Waals surface area contributed by atoms with Gasteiger partial charge in [-0.05, 0) is 68.7 Å². The van der Waals surface area contributed by atoms with Crippen molar-refractivity contribution in [2.45, 2.75) is 26.7 Å². The number of anilines is 2. The molecule has 3 aromatic heterocycles. The molecule has 1 aliphatic heterocycles. The molecule has 1 saturated heterocycles. The monoisotopic (exact) mass is 412 g/mol. The summed E-state index contributed by atoms with van der Waals surface area (Å²) >= 11 is 0. The number of nitrogens with one attached hydrogen (secondary N) is 2. The average molecular weight is 412 g/mol. The van der Waals surface area contributed by atoms with Gasteiger partial charge < -0.3 is 15.2 Å². The van der Waals surface area contributed by atoms with Crippen molar-refractivity contribution in [1.29, 1.82) is 0 Å². The van der Waals surface area contributed by atoms with Crippen LogP contribution in [-0.4, -0.2) is 38.9 Å². The maximum absolute atomic E-state index is 13.0. The molecular formula is C24H24N6O. The first kappa shape index (κ1) is 19.2. The van der Waals surface area contributed by atoms with Crippen molar-refractivity contribution in [3.05, 3.63) is 65.6 Å². The van der Waals surface area contributed by atoms with Crippen LogP contribution in [0.1, 0.15) is 34.5 Å². The lowest BCUT2D eigenvalue weighted by Crippen LogP contribution is -2.17. The van der Waals surface area contributed by atoms with Crippen molar-refractivity contribution >= 4 is 28.4 Å². The van der Waals surface area contributed by atoms with Crippen LogP contribution in [0.25, 0.3) is 22.6 Å². The van der Waals surface area contributed by atoms with Crippen LogP contribution in [0.5, 0.6) is 0 Å². The van der Waals surface area contributed by atoms with Crippen molar-refractivity contribution in [2.24, 2.45) is 0 Å². The fraction of sp³-hybridized carbons (Fsp3) is 0.250. The Morgan fingerprint density at radius 2 is 1.84 bits per heavy atom. The van der Waals surface area contributed by atoms with E-state index in [1.54, 1.807) is 18.5 Å². The summed E-state index contributed by atoms with van der Waals surface area (Å²) in [5, 5.41) is 2.94. The molecule has 0 saturated carbocycles. The third-order valence-electron chi connectivity index (χ3n) is 5.74. The molecule has 0 atom stereocenters. The Labute approximate surface area is 180 Å². The minimum atomic E-state index is -0.233. The molecule has 4 heterocycles. The topological polar surface area (TPSA) is 86.8 Å². The number of H-pyrrole nitrogens is 1. The van der Waals surface area contributed by atoms with Crippen LogP contribution in [0.3, 0.4) is 0 Å². The van der Waals surface area contributed by atoms with E-state index in [4.69, 9.17) is 4.98 Å². The third-order valence-corrected chi connectivity index (χ3v) is 5.74. The number of hydrogen-bond acceptors (Lipinski definition) is 5. The molecule has 0 bridgehead atoms. The molecule has 7 nitrogen and oxygen atoms in total. The van der Waals surface area contributed by atoms with Gasteiger partial charge in [-0.1, -0.05) is 0 Å². The maximum atomic E-state index is 13.0. The van der Waals surface area contributed by atoms with Crippen LogP contribution in [0.4, 0.5) is 11.4 Å². The number of carbonyl (C=O) groups excluding carboxylic acids is 1. The lowest BCUT2D eigenvalue weighted by molar-refractivity contribution is 0.102. The number of carbonyl (C=O) groups is 1. The number of amides is 1. The Bertz CT molecular complexity index is 1260. The summed E-state index contributed by atoms with van der Waals surface area (Å²) in [5.74, 6) is 0.465. The molecule has 0 aliphatic carbocycles. The number of hydrogen-bond donors (Lipinski definition) is 2. The second-order valence-corrected chi connectivity index (χ2v) is 7.98. The number of rotatable bonds is 4. The molecule has 0 radical (unpaired) electrons. The highest BCUT2D eigenvalue weighted by molar-refractivity contribution is 6.11. The molecule has 0 unspecified atom stereocenters. The van der Waals surface area contributed by atoms with Gasteiger partial charge in [0.25, 0.3) is 5.91 Å². The predicted octanol–water partition coefficient (Wildman–Crippen LogP) is 4.49. The zero-order chi connectivity index (χ0) is 21.4. The molecule has 5 rings (SSSR count). The Morgan fingerprint density at radius 3 is 2.58 bits per heavy atom. The van der Waals surface area contributed by atoms with E-state index < -0.39 is 0 Å². The minimum absolute atomic E-state index is 0.233. The second-order valence-electron chi connectivity index (χ2n) is 7.98. The number of aromatic nitrogens is 4. The van der Waals surface area contributed by atoms with Crippen LogP contribution in [0, 0.1) is 13.8 Å². The number of fused-ring (bicyclic) bond motifs is 1. The summed E-state index contributed by atoms with van der Waals surface area (Å²) in [4.78, 5) is 32.0. The van der Waals surface area contributed by atoms with E-state index in [-0.39, 0.29) is 5.91 Å². The third kappa shape index (κ3) is 3.74. The van der Waals surface area contributed by atoms with Gasteiger partial charge in [0.1, 0.15) is 11.3 Å². The fourth-order valence-electron chi connectivity index (χ4n) is 4.05. The van der Waals surface area contributed by atoms with Crippen molar-refractivity contribution in [3.8, 4) is 11.4 Å². The van der Waals surface area contributed by atoms with Gasteiger partial charge >= 0.3 is 0 Å². The Kier molecular flexibility index (Phi) is 4.86. The quantitative estimate of drug-likeness (QED) is 0.516. The summed E-state index contributed by atoms with van der Waals surface area (Å²) < 4.78 is 0. The largest absolute Gasteiger partial charge is 0.372 e. The number of benzene rings is 1. The number of aromatic amines is 1. The van der Waals surface area contributed by atoms with E-state index in [0.29, 0.717) is 28.2 Å². The lowest BCUT2D eigenvalue weighted by atomic mass is 10.2. The molecule has 0 spiro atoms. The predicted molar refractivity (Wildman–Crippen MR) is 122 cm³/mol. The standard InChI is InChI=1S/C24H24N6O/c1-15-13-16(2)26-14-20(15)27-24(31)19-9-10-25-23-21(19)28-22(29-23)17-5-7-18(8-6-17)30-11-3-4-12-30/h5-10,13-14H,3-4,11-12H2,1-2H3,(H,27,31)(H,25,28,29). The van der Waals surface area contributed by atoms with E-state index in [0.717, 1.165) is 29.9 Å². The van der Waals surface area contributed by atoms with Crippen LogP contribution in [-0.2, 0) is 0 Å². The molecule has 4 aromatic rings. The van der Waals surface area contributed by atoms with Gasteiger partial charge in [-0.2, -0.15) is 0 Å². The molecule has 1 aliphatic rings. The summed E-state index contributed by atoms with van der Waals surface area (Å²) in [6.45, 7) is 6.10. The smallest absolute Gasteiger partial charge is 0.258 e. The van der Waals surface area contributed by atoms with Crippen LogP contribution in [0.15, 0.2) is 48.8 Å². The highest BCUT2D eigenvalue weighted by atomic mass is 16.1. The van der Waals surface area contributed by atoms with Crippen molar-refractivity contribution in [2.75, 3.05) is 23.3 Å². The fourth-order valence-corrected chi connectivity index (χ4v) is 4.05. The average Bonchev–Trinajstić information content (AvgIpc) is 3.45. The molecule has 2 N–H and O–H groups in total. The van der Waals surface area contributed by atoms with Gasteiger partial charge in [0.05, 0.1) is 17.4 Å². The van der Waals surface area contributed by atoms with Gasteiger partial charge in [-0.15, -0.1) is 0 Å². The first-order valence-corrected chi connectivity index (χ1v) is 10.5. The van der Waals surface area contributed by atoms with Gasteiger partial charge in [-0.3, -0.25) is 9.78 Å². The normalized spacial score (nSPS) is 13.7. The zero-order valence-electron chi connectivity index (χ0n) is 17.6. The van der Waals surface area contributed by atoms with Gasteiger partial charge in [0.15, 0.2) is 5.65 Å². The summed E-state index contributed by atoms with van der Waals surface area (Å²) in [5.41, 5.74) is 6.38. The summed E-state index contributed by atoms with van der Waals surface area (Å²) in [6.07, 6.45) is 5.80. The number of imidazole rings is 1. The van der Waals surface area contributed by atoms with Crippen molar-refractivity contribution in [1.82, 2.24) is 19.9 Å². The highest BCUT2D eigenvalue weighted by Gasteiger charge is 2.17. The number of aryl methyl sites for hydroxylation is 2. The van der Waals surface area contributed by atoms with Gasteiger partial charge in [0.2, 0.25) is 0 Å².